The van der Waals surface area contributed by atoms with Crippen LogP contribution in [0.5, 0.6) is 0 Å². The summed E-state index contributed by atoms with van der Waals surface area (Å²) in [6.07, 6.45) is 40.4. The fourth-order valence-corrected chi connectivity index (χ4v) is 14.8. The van der Waals surface area contributed by atoms with Gasteiger partial charge in [0.1, 0.15) is 17.3 Å². The van der Waals surface area contributed by atoms with Crippen molar-refractivity contribution >= 4 is 18.3 Å². The summed E-state index contributed by atoms with van der Waals surface area (Å²) < 4.78 is 18.9. The number of amides is 3. The molecular formula is C62H103N3O6. The highest BCUT2D eigenvalue weighted by Crippen LogP contribution is 2.44. The van der Waals surface area contributed by atoms with Crippen molar-refractivity contribution in [2.24, 2.45) is 23.7 Å². The molecule has 0 aromatic heterocycles. The first-order valence-electron chi connectivity index (χ1n) is 30.4. The molecule has 402 valence electrons. The second kappa shape index (κ2) is 27.5. The average molecular weight is 987 g/mol. The minimum absolute atomic E-state index is 0.0329. The van der Waals surface area contributed by atoms with Gasteiger partial charge in [0.25, 0.3) is 0 Å². The van der Waals surface area contributed by atoms with Crippen LogP contribution in [0.15, 0.2) is 18.2 Å². The van der Waals surface area contributed by atoms with Crippen LogP contribution in [0.2, 0.25) is 0 Å². The number of alkyl carbamates (subject to hydrolysis) is 1. The Labute approximate surface area is 433 Å². The van der Waals surface area contributed by atoms with Crippen LogP contribution in [0.3, 0.4) is 0 Å². The van der Waals surface area contributed by atoms with Crippen LogP contribution in [0.4, 0.5) is 14.4 Å². The molecule has 9 heteroatoms. The van der Waals surface area contributed by atoms with E-state index in [1.54, 1.807) is 0 Å². The molecule has 1 atom stereocenters. The van der Waals surface area contributed by atoms with Gasteiger partial charge in [-0.2, -0.15) is 0 Å². The predicted octanol–water partition coefficient (Wildman–Crippen LogP) is 17.0. The summed E-state index contributed by atoms with van der Waals surface area (Å²) >= 11 is 0. The molecule has 0 spiro atoms. The van der Waals surface area contributed by atoms with E-state index in [4.69, 9.17) is 14.2 Å². The van der Waals surface area contributed by atoms with Crippen molar-refractivity contribution in [3.05, 3.63) is 34.9 Å². The van der Waals surface area contributed by atoms with Crippen LogP contribution in [-0.2, 0) is 20.6 Å². The molecule has 6 aliphatic rings. The molecule has 0 bridgehead atoms. The minimum Gasteiger partial charge on any atom is -0.443 e. The molecule has 1 unspecified atom stereocenters. The number of benzene rings is 1. The van der Waals surface area contributed by atoms with E-state index >= 15 is 0 Å². The van der Waals surface area contributed by atoms with Crippen LogP contribution < -0.4 is 5.32 Å². The molecule has 6 aliphatic carbocycles. The maximum Gasteiger partial charge on any atom is 0.410 e. The number of hydrogen-bond donors (Lipinski definition) is 1. The standard InChI is InChI=1S/C62H103N3O6/c1-46-34-35-48(25-15-10-8-7-9-11-24-44-63-58(66)70-61(3,4)51-26-16-12-17-27-51)45-57(46)47(2)69-59(67)64(53-30-18-13-19-31-53)55-40-36-49(37-41-55)50-38-42-56(43-39-50)65(54-32-20-14-21-33-54)60(68)71-62(5,6)52-28-22-23-29-52/h34-35,45,47,49-56H,7-33,36-44H2,1-6H3,(H,63,66). The minimum atomic E-state index is -0.398. The maximum atomic E-state index is 14.5. The summed E-state index contributed by atoms with van der Waals surface area (Å²) in [5, 5.41) is 3.00. The van der Waals surface area contributed by atoms with Crippen molar-refractivity contribution in [1.29, 1.82) is 0 Å². The third-order valence-electron chi connectivity index (χ3n) is 19.4. The van der Waals surface area contributed by atoms with E-state index in [0.29, 0.717) is 42.3 Å². The molecule has 0 heterocycles. The monoisotopic (exact) mass is 986 g/mol. The lowest BCUT2D eigenvalue weighted by Crippen LogP contribution is -2.52. The number of hydrogen-bond acceptors (Lipinski definition) is 6. The Morgan fingerprint density at radius 2 is 0.958 bits per heavy atom. The quantitative estimate of drug-likeness (QED) is 0.0973. The molecule has 0 saturated heterocycles. The molecule has 0 aliphatic heterocycles. The number of ether oxygens (including phenoxy) is 3. The molecule has 6 saturated carbocycles. The molecule has 9 nitrogen and oxygen atoms in total. The average Bonchev–Trinajstić information content (AvgIpc) is 3.93. The Morgan fingerprint density at radius 3 is 1.48 bits per heavy atom. The molecule has 7 rings (SSSR count). The third-order valence-corrected chi connectivity index (χ3v) is 19.4. The lowest BCUT2D eigenvalue weighted by molar-refractivity contribution is -0.0433. The van der Waals surface area contributed by atoms with Gasteiger partial charge in [-0.25, -0.2) is 14.4 Å². The van der Waals surface area contributed by atoms with Crippen LogP contribution in [0.1, 0.15) is 276 Å². The Hall–Kier alpha value is -2.97. The van der Waals surface area contributed by atoms with E-state index in [1.165, 1.54) is 146 Å². The number of nitrogens with zero attached hydrogens (tertiary/aromatic N) is 2. The number of rotatable bonds is 21. The van der Waals surface area contributed by atoms with E-state index in [2.05, 4.69) is 74.9 Å². The normalized spacial score (nSPS) is 25.0. The number of carbonyl (C=O) groups excluding carboxylic acids is 3. The number of aryl methyl sites for hydroxylation is 2. The van der Waals surface area contributed by atoms with Crippen molar-refractivity contribution < 1.29 is 28.6 Å². The number of carbonyl (C=O) groups is 3. The highest BCUT2D eigenvalue weighted by Gasteiger charge is 2.43. The summed E-state index contributed by atoms with van der Waals surface area (Å²) in [6, 6.07) is 7.95. The van der Waals surface area contributed by atoms with Gasteiger partial charge < -0.3 is 29.3 Å². The van der Waals surface area contributed by atoms with Gasteiger partial charge in [0, 0.05) is 30.7 Å². The highest BCUT2D eigenvalue weighted by atomic mass is 16.6. The van der Waals surface area contributed by atoms with Crippen molar-refractivity contribution in [2.75, 3.05) is 6.54 Å². The Bertz CT molecular complexity index is 1760. The molecule has 0 radical (unpaired) electrons. The molecule has 71 heavy (non-hydrogen) atoms. The van der Waals surface area contributed by atoms with Crippen LogP contribution in [-0.4, -0.2) is 70.0 Å². The fourth-order valence-electron chi connectivity index (χ4n) is 14.8. The molecule has 6 fully saturated rings. The molecular weight excluding hydrogens is 883 g/mol. The highest BCUT2D eigenvalue weighted by molar-refractivity contribution is 5.70. The van der Waals surface area contributed by atoms with E-state index in [1.807, 2.05) is 0 Å². The van der Waals surface area contributed by atoms with Gasteiger partial charge in [0.15, 0.2) is 0 Å². The van der Waals surface area contributed by atoms with E-state index in [9.17, 15) is 14.4 Å². The predicted molar refractivity (Wildman–Crippen MR) is 289 cm³/mol. The maximum absolute atomic E-state index is 14.5. The van der Waals surface area contributed by atoms with Crippen molar-refractivity contribution in [1.82, 2.24) is 15.1 Å². The Balaban J connectivity index is 0.828. The smallest absolute Gasteiger partial charge is 0.410 e. The van der Waals surface area contributed by atoms with E-state index < -0.39 is 5.60 Å². The summed E-state index contributed by atoms with van der Waals surface area (Å²) in [5.41, 5.74) is 2.88. The summed E-state index contributed by atoms with van der Waals surface area (Å²) in [6.45, 7) is 13.4. The first kappa shape index (κ1) is 55.8. The van der Waals surface area contributed by atoms with Gasteiger partial charge in [-0.1, -0.05) is 121 Å². The third kappa shape index (κ3) is 16.3. The zero-order chi connectivity index (χ0) is 50.2. The van der Waals surface area contributed by atoms with E-state index in [0.717, 1.165) is 95.5 Å². The molecule has 1 N–H and O–H groups in total. The van der Waals surface area contributed by atoms with Crippen LogP contribution >= 0.6 is 0 Å². The van der Waals surface area contributed by atoms with Gasteiger partial charge in [0.05, 0.1) is 0 Å². The number of nitrogens with one attached hydrogen (secondary N) is 1. The van der Waals surface area contributed by atoms with Gasteiger partial charge in [-0.3, -0.25) is 0 Å². The van der Waals surface area contributed by atoms with Gasteiger partial charge in [-0.05, 0) is 204 Å². The van der Waals surface area contributed by atoms with Gasteiger partial charge in [0.2, 0.25) is 0 Å². The van der Waals surface area contributed by atoms with Gasteiger partial charge in [-0.15, -0.1) is 0 Å². The second-order valence-electron chi connectivity index (χ2n) is 25.2. The first-order valence-corrected chi connectivity index (χ1v) is 30.4. The fraction of sp³-hybridized carbons (Fsp3) is 0.855. The second-order valence-corrected chi connectivity index (χ2v) is 25.2. The van der Waals surface area contributed by atoms with Gasteiger partial charge >= 0.3 is 18.3 Å². The molecule has 1 aromatic rings. The topological polar surface area (TPSA) is 97.4 Å². The Morgan fingerprint density at radius 1 is 0.535 bits per heavy atom. The Kier molecular flexibility index (Phi) is 21.6. The molecule has 3 amide bonds. The molecule has 1 aromatic carbocycles. The summed E-state index contributed by atoms with van der Waals surface area (Å²) in [7, 11) is 0. The largest absolute Gasteiger partial charge is 0.443 e. The summed E-state index contributed by atoms with van der Waals surface area (Å²) in [5.74, 6) is 2.35. The zero-order valence-electron chi connectivity index (χ0n) is 46.2. The van der Waals surface area contributed by atoms with Crippen molar-refractivity contribution in [3.8, 4) is 0 Å². The first-order chi connectivity index (χ1) is 34.3. The lowest BCUT2D eigenvalue weighted by Gasteiger charge is -2.46. The zero-order valence-corrected chi connectivity index (χ0v) is 46.2. The van der Waals surface area contributed by atoms with Crippen molar-refractivity contribution in [2.45, 2.75) is 308 Å². The van der Waals surface area contributed by atoms with E-state index in [-0.39, 0.29) is 42.1 Å². The summed E-state index contributed by atoms with van der Waals surface area (Å²) in [4.78, 5) is 45.6. The number of unbranched alkanes of at least 4 members (excludes halogenated alkanes) is 6. The lowest BCUT2D eigenvalue weighted by atomic mass is 9.71. The SMILES string of the molecule is Cc1ccc(CCCCCCCCCNC(=O)OC(C)(C)C2CCCCC2)cc1C(C)OC(=O)N(C1CCCCC1)C1CCC(C2CCC(N(C(=O)OC(C)(C)C3CCCC3)C3CCCCC3)CC2)CC1. The van der Waals surface area contributed by atoms with Crippen molar-refractivity contribution in [3.63, 3.8) is 0 Å². The van der Waals surface area contributed by atoms with Crippen LogP contribution in [0, 0.1) is 30.6 Å². The van der Waals surface area contributed by atoms with Crippen LogP contribution in [0.25, 0.3) is 0 Å².